The van der Waals surface area contributed by atoms with Gasteiger partial charge in [0.25, 0.3) is 0 Å². The number of hydrogen-bond acceptors (Lipinski definition) is 3. The Kier molecular flexibility index (Phi) is 5.01. The Labute approximate surface area is 110 Å². The van der Waals surface area contributed by atoms with E-state index >= 15 is 0 Å². The Bertz CT molecular complexity index is 283. The molecule has 4 nitrogen and oxygen atoms in total. The highest BCUT2D eigenvalue weighted by atomic mass is 16.5. The molecule has 0 aromatic rings. The Morgan fingerprint density at radius 2 is 2.22 bits per heavy atom. The monoisotopic (exact) mass is 254 g/mol. The summed E-state index contributed by atoms with van der Waals surface area (Å²) < 4.78 is 5.49. The molecule has 4 heteroatoms. The van der Waals surface area contributed by atoms with Gasteiger partial charge >= 0.3 is 0 Å². The van der Waals surface area contributed by atoms with Crippen LogP contribution >= 0.6 is 0 Å². The van der Waals surface area contributed by atoms with Crippen molar-refractivity contribution in [1.82, 2.24) is 10.2 Å². The maximum Gasteiger partial charge on any atom is 0.229 e. The molecule has 2 saturated heterocycles. The lowest BCUT2D eigenvalue weighted by atomic mass is 10.0. The summed E-state index contributed by atoms with van der Waals surface area (Å²) in [5.74, 6) is 1.04. The molecule has 0 radical (unpaired) electrons. The molecule has 2 fully saturated rings. The molecule has 2 aliphatic rings. The molecular formula is C14H26N2O2. The summed E-state index contributed by atoms with van der Waals surface area (Å²) in [6.07, 6.45) is 3.45. The van der Waals surface area contributed by atoms with Gasteiger partial charge in [-0.3, -0.25) is 4.79 Å². The molecule has 3 atom stereocenters. The topological polar surface area (TPSA) is 41.6 Å². The molecule has 18 heavy (non-hydrogen) atoms. The number of carbonyl (C=O) groups excluding carboxylic acids is 1. The number of nitrogens with zero attached hydrogens (tertiary/aromatic N) is 1. The molecule has 0 saturated carbocycles. The number of amides is 1. The van der Waals surface area contributed by atoms with Crippen LogP contribution in [0.4, 0.5) is 0 Å². The van der Waals surface area contributed by atoms with Crippen molar-refractivity contribution in [3.8, 4) is 0 Å². The standard InChI is InChI=1S/C14H26N2O2/c1-3-6-15-13-10-18-9-12(13)14(17)16-7-5-11(4-2)8-16/h11-13,15H,3-10H2,1-2H3. The number of hydrogen-bond donors (Lipinski definition) is 1. The normalized spacial score (nSPS) is 32.1. The molecule has 1 N–H and O–H groups in total. The number of rotatable bonds is 5. The average molecular weight is 254 g/mol. The maximum atomic E-state index is 12.5. The molecule has 2 aliphatic heterocycles. The van der Waals surface area contributed by atoms with Crippen molar-refractivity contribution in [2.24, 2.45) is 11.8 Å². The molecule has 3 unspecified atom stereocenters. The average Bonchev–Trinajstić information content (AvgIpc) is 3.04. The van der Waals surface area contributed by atoms with Crippen molar-refractivity contribution < 1.29 is 9.53 Å². The van der Waals surface area contributed by atoms with Crippen LogP contribution in [0.25, 0.3) is 0 Å². The third kappa shape index (κ3) is 3.04. The predicted octanol–water partition coefficient (Wildman–Crippen LogP) is 1.26. The van der Waals surface area contributed by atoms with Crippen LogP contribution in [0.1, 0.15) is 33.1 Å². The van der Waals surface area contributed by atoms with Crippen molar-refractivity contribution in [3.05, 3.63) is 0 Å². The molecule has 0 aromatic carbocycles. The van der Waals surface area contributed by atoms with E-state index in [4.69, 9.17) is 4.74 Å². The van der Waals surface area contributed by atoms with E-state index in [1.165, 1.54) is 12.8 Å². The van der Waals surface area contributed by atoms with Gasteiger partial charge in [-0.25, -0.2) is 0 Å². The van der Waals surface area contributed by atoms with Gasteiger partial charge in [-0.15, -0.1) is 0 Å². The second-order valence-corrected chi connectivity index (χ2v) is 5.55. The van der Waals surface area contributed by atoms with Crippen LogP contribution in [0.3, 0.4) is 0 Å². The van der Waals surface area contributed by atoms with E-state index in [1.807, 2.05) is 4.90 Å². The van der Waals surface area contributed by atoms with Gasteiger partial charge in [0.15, 0.2) is 0 Å². The first kappa shape index (κ1) is 13.8. The first-order valence-corrected chi connectivity index (χ1v) is 7.36. The molecule has 0 bridgehead atoms. The second-order valence-electron chi connectivity index (χ2n) is 5.55. The largest absolute Gasteiger partial charge is 0.379 e. The highest BCUT2D eigenvalue weighted by molar-refractivity contribution is 5.80. The van der Waals surface area contributed by atoms with Crippen LogP contribution in [-0.4, -0.2) is 49.7 Å². The van der Waals surface area contributed by atoms with Crippen molar-refractivity contribution >= 4 is 5.91 Å². The summed E-state index contributed by atoms with van der Waals surface area (Å²) in [6, 6.07) is 0.220. The number of ether oxygens (including phenoxy) is 1. The minimum atomic E-state index is 0.0344. The Morgan fingerprint density at radius 1 is 1.39 bits per heavy atom. The van der Waals surface area contributed by atoms with Crippen LogP contribution in [0.15, 0.2) is 0 Å². The third-order valence-corrected chi connectivity index (χ3v) is 4.23. The summed E-state index contributed by atoms with van der Waals surface area (Å²) in [7, 11) is 0. The zero-order chi connectivity index (χ0) is 13.0. The SMILES string of the molecule is CCCNC1COCC1C(=O)N1CCC(CC)C1. The fourth-order valence-electron chi connectivity index (χ4n) is 2.93. The van der Waals surface area contributed by atoms with Crippen molar-refractivity contribution in [1.29, 1.82) is 0 Å². The third-order valence-electron chi connectivity index (χ3n) is 4.23. The first-order valence-electron chi connectivity index (χ1n) is 7.36. The molecule has 0 aliphatic carbocycles. The van der Waals surface area contributed by atoms with Crippen LogP contribution < -0.4 is 5.32 Å². The van der Waals surface area contributed by atoms with Gasteiger partial charge in [0.1, 0.15) is 0 Å². The van der Waals surface area contributed by atoms with E-state index in [2.05, 4.69) is 19.2 Å². The van der Waals surface area contributed by atoms with E-state index in [0.29, 0.717) is 25.0 Å². The van der Waals surface area contributed by atoms with Gasteiger partial charge in [-0.1, -0.05) is 20.3 Å². The Hall–Kier alpha value is -0.610. The van der Waals surface area contributed by atoms with Gasteiger partial charge in [0.2, 0.25) is 5.91 Å². The summed E-state index contributed by atoms with van der Waals surface area (Å²) in [6.45, 7) is 8.49. The van der Waals surface area contributed by atoms with E-state index in [-0.39, 0.29) is 12.0 Å². The van der Waals surface area contributed by atoms with Gasteiger partial charge in [-0.05, 0) is 25.3 Å². The minimum Gasteiger partial charge on any atom is -0.379 e. The molecule has 2 heterocycles. The van der Waals surface area contributed by atoms with Crippen molar-refractivity contribution in [2.75, 3.05) is 32.8 Å². The summed E-state index contributed by atoms with van der Waals surface area (Å²) >= 11 is 0. The number of likely N-dealkylation sites (tertiary alicyclic amines) is 1. The zero-order valence-electron chi connectivity index (χ0n) is 11.7. The number of nitrogens with one attached hydrogen (secondary N) is 1. The lowest BCUT2D eigenvalue weighted by Gasteiger charge is -2.24. The second kappa shape index (κ2) is 6.53. The maximum absolute atomic E-state index is 12.5. The minimum absolute atomic E-state index is 0.0344. The van der Waals surface area contributed by atoms with Gasteiger partial charge < -0.3 is 15.0 Å². The Balaban J connectivity index is 1.87. The fourth-order valence-corrected chi connectivity index (χ4v) is 2.93. The highest BCUT2D eigenvalue weighted by Crippen LogP contribution is 2.24. The van der Waals surface area contributed by atoms with Gasteiger partial charge in [-0.2, -0.15) is 0 Å². The van der Waals surface area contributed by atoms with E-state index in [1.54, 1.807) is 0 Å². The fraction of sp³-hybridized carbons (Fsp3) is 0.929. The zero-order valence-corrected chi connectivity index (χ0v) is 11.7. The van der Waals surface area contributed by atoms with Crippen LogP contribution in [-0.2, 0) is 9.53 Å². The van der Waals surface area contributed by atoms with Gasteiger partial charge in [0.05, 0.1) is 19.1 Å². The van der Waals surface area contributed by atoms with Crippen molar-refractivity contribution in [3.63, 3.8) is 0 Å². The van der Waals surface area contributed by atoms with Gasteiger partial charge in [0, 0.05) is 19.1 Å². The van der Waals surface area contributed by atoms with Crippen LogP contribution in [0, 0.1) is 11.8 Å². The Morgan fingerprint density at radius 3 is 2.89 bits per heavy atom. The molecule has 2 rings (SSSR count). The van der Waals surface area contributed by atoms with E-state index < -0.39 is 0 Å². The van der Waals surface area contributed by atoms with E-state index in [0.717, 1.165) is 26.1 Å². The van der Waals surface area contributed by atoms with Crippen LogP contribution in [0.5, 0.6) is 0 Å². The molecule has 104 valence electrons. The lowest BCUT2D eigenvalue weighted by Crippen LogP contribution is -2.45. The van der Waals surface area contributed by atoms with Crippen LogP contribution in [0.2, 0.25) is 0 Å². The van der Waals surface area contributed by atoms with Crippen molar-refractivity contribution in [2.45, 2.75) is 39.2 Å². The molecule has 0 spiro atoms. The molecular weight excluding hydrogens is 228 g/mol. The highest BCUT2D eigenvalue weighted by Gasteiger charge is 2.38. The summed E-state index contributed by atoms with van der Waals surface area (Å²) in [5, 5.41) is 3.44. The predicted molar refractivity (Wildman–Crippen MR) is 71.4 cm³/mol. The molecule has 1 amide bonds. The first-order chi connectivity index (χ1) is 8.76. The number of carbonyl (C=O) groups is 1. The summed E-state index contributed by atoms with van der Waals surface area (Å²) in [4.78, 5) is 14.5. The van der Waals surface area contributed by atoms with E-state index in [9.17, 15) is 4.79 Å². The summed E-state index contributed by atoms with van der Waals surface area (Å²) in [5.41, 5.74) is 0. The quantitative estimate of drug-likeness (QED) is 0.803. The lowest BCUT2D eigenvalue weighted by molar-refractivity contribution is -0.135. The molecule has 0 aromatic heterocycles. The smallest absolute Gasteiger partial charge is 0.229 e.